The topological polar surface area (TPSA) is 53.1 Å². The first-order valence-electron chi connectivity index (χ1n) is 9.72. The summed E-state index contributed by atoms with van der Waals surface area (Å²) in [5.74, 6) is 0.0532. The van der Waals surface area contributed by atoms with Crippen LogP contribution in [0.4, 0.5) is 4.79 Å². The molecule has 1 aromatic carbocycles. The SMILES string of the molecule is CC(=O)N1C[C@@H]2OC(=O)N(C3CCN(CCc4ccc(Cl)cc4)CC3)[C@@H]2C1. The minimum atomic E-state index is -0.201. The van der Waals surface area contributed by atoms with Gasteiger partial charge >= 0.3 is 6.09 Å². The lowest BCUT2D eigenvalue weighted by Gasteiger charge is -2.37. The zero-order valence-corrected chi connectivity index (χ0v) is 16.4. The Kier molecular flexibility index (Phi) is 5.28. The monoisotopic (exact) mass is 391 g/mol. The summed E-state index contributed by atoms with van der Waals surface area (Å²) in [4.78, 5) is 30.2. The van der Waals surface area contributed by atoms with Crippen molar-refractivity contribution in [2.45, 2.75) is 44.4 Å². The van der Waals surface area contributed by atoms with Crippen molar-refractivity contribution in [3.63, 3.8) is 0 Å². The Balaban J connectivity index is 1.29. The minimum Gasteiger partial charge on any atom is -0.442 e. The van der Waals surface area contributed by atoms with Gasteiger partial charge in [0, 0.05) is 44.2 Å². The fraction of sp³-hybridized carbons (Fsp3) is 0.600. The van der Waals surface area contributed by atoms with Gasteiger partial charge < -0.3 is 14.5 Å². The largest absolute Gasteiger partial charge is 0.442 e. The van der Waals surface area contributed by atoms with Gasteiger partial charge in [-0.05, 0) is 37.0 Å². The minimum absolute atomic E-state index is 0.0204. The summed E-state index contributed by atoms with van der Waals surface area (Å²) < 4.78 is 5.54. The summed E-state index contributed by atoms with van der Waals surface area (Å²) in [5, 5.41) is 0.769. The molecule has 2 amide bonds. The molecule has 0 N–H and O–H groups in total. The van der Waals surface area contributed by atoms with E-state index in [4.69, 9.17) is 16.3 Å². The Bertz CT molecular complexity index is 703. The van der Waals surface area contributed by atoms with Gasteiger partial charge in [0.25, 0.3) is 0 Å². The van der Waals surface area contributed by atoms with Crippen molar-refractivity contribution in [1.82, 2.24) is 14.7 Å². The highest BCUT2D eigenvalue weighted by Gasteiger charge is 2.50. The van der Waals surface area contributed by atoms with E-state index in [0.29, 0.717) is 13.1 Å². The summed E-state index contributed by atoms with van der Waals surface area (Å²) >= 11 is 5.94. The number of carbonyl (C=O) groups excluding carboxylic acids is 2. The van der Waals surface area contributed by atoms with Crippen molar-refractivity contribution >= 4 is 23.6 Å². The second-order valence-electron chi connectivity index (χ2n) is 7.77. The number of nitrogens with zero attached hydrogens (tertiary/aromatic N) is 3. The van der Waals surface area contributed by atoms with E-state index in [2.05, 4.69) is 17.0 Å². The average molecular weight is 392 g/mol. The molecule has 0 saturated carbocycles. The maximum Gasteiger partial charge on any atom is 0.410 e. The Morgan fingerprint density at radius 1 is 1.19 bits per heavy atom. The number of rotatable bonds is 4. The molecule has 4 rings (SSSR count). The van der Waals surface area contributed by atoms with Crippen molar-refractivity contribution in [1.29, 1.82) is 0 Å². The summed E-state index contributed by atoms with van der Waals surface area (Å²) in [6.45, 7) is 5.69. The summed E-state index contributed by atoms with van der Waals surface area (Å²) in [6.07, 6.45) is 2.56. The molecule has 0 aliphatic carbocycles. The van der Waals surface area contributed by atoms with Gasteiger partial charge in [0.15, 0.2) is 0 Å². The number of amides is 2. The fourth-order valence-electron chi connectivity index (χ4n) is 4.50. The Labute approximate surface area is 165 Å². The second kappa shape index (κ2) is 7.68. The van der Waals surface area contributed by atoms with Crippen molar-refractivity contribution in [2.75, 3.05) is 32.7 Å². The molecule has 3 aliphatic heterocycles. The molecule has 0 radical (unpaired) electrons. The number of carbonyl (C=O) groups is 2. The number of halogens is 1. The summed E-state index contributed by atoms with van der Waals surface area (Å²) in [7, 11) is 0. The van der Waals surface area contributed by atoms with Gasteiger partial charge in [0.2, 0.25) is 5.91 Å². The molecule has 3 saturated heterocycles. The molecule has 2 atom stereocenters. The number of fused-ring (bicyclic) bond motifs is 1. The van der Waals surface area contributed by atoms with Gasteiger partial charge in [-0.25, -0.2) is 4.79 Å². The van der Waals surface area contributed by atoms with E-state index in [9.17, 15) is 9.59 Å². The first-order chi connectivity index (χ1) is 13.0. The molecule has 0 unspecified atom stereocenters. The number of hydrogen-bond donors (Lipinski definition) is 0. The molecule has 3 aliphatic rings. The van der Waals surface area contributed by atoms with Crippen LogP contribution in [0.2, 0.25) is 5.02 Å². The number of piperidine rings is 1. The lowest BCUT2D eigenvalue weighted by molar-refractivity contribution is -0.128. The van der Waals surface area contributed by atoms with Crippen LogP contribution in [0.1, 0.15) is 25.3 Å². The maximum absolute atomic E-state index is 12.4. The average Bonchev–Trinajstić information content (AvgIpc) is 3.19. The fourth-order valence-corrected chi connectivity index (χ4v) is 4.63. The van der Waals surface area contributed by atoms with Crippen LogP contribution in [0.3, 0.4) is 0 Å². The number of ether oxygens (including phenoxy) is 1. The van der Waals surface area contributed by atoms with Crippen LogP contribution in [-0.4, -0.2) is 77.6 Å². The quantitative estimate of drug-likeness (QED) is 0.790. The van der Waals surface area contributed by atoms with Gasteiger partial charge in [0.05, 0.1) is 12.6 Å². The Morgan fingerprint density at radius 3 is 2.56 bits per heavy atom. The van der Waals surface area contributed by atoms with Gasteiger partial charge in [-0.15, -0.1) is 0 Å². The number of hydrogen-bond acceptors (Lipinski definition) is 4. The third-order valence-corrected chi connectivity index (χ3v) is 6.34. The van der Waals surface area contributed by atoms with E-state index in [1.165, 1.54) is 5.56 Å². The van der Waals surface area contributed by atoms with E-state index in [1.54, 1.807) is 11.8 Å². The normalized spacial score (nSPS) is 26.4. The molecule has 3 fully saturated rings. The third-order valence-electron chi connectivity index (χ3n) is 6.08. The van der Waals surface area contributed by atoms with Crippen LogP contribution in [0, 0.1) is 0 Å². The van der Waals surface area contributed by atoms with Gasteiger partial charge in [-0.3, -0.25) is 9.69 Å². The van der Waals surface area contributed by atoms with E-state index in [1.807, 2.05) is 17.0 Å². The summed E-state index contributed by atoms with van der Waals surface area (Å²) in [5.41, 5.74) is 1.29. The van der Waals surface area contributed by atoms with Crippen LogP contribution in [-0.2, 0) is 16.0 Å². The molecule has 27 heavy (non-hydrogen) atoms. The van der Waals surface area contributed by atoms with Crippen LogP contribution in [0.5, 0.6) is 0 Å². The highest BCUT2D eigenvalue weighted by molar-refractivity contribution is 6.30. The predicted molar refractivity (Wildman–Crippen MR) is 103 cm³/mol. The molecule has 0 bridgehead atoms. The van der Waals surface area contributed by atoms with Crippen molar-refractivity contribution in [3.05, 3.63) is 34.9 Å². The van der Waals surface area contributed by atoms with Crippen LogP contribution in [0.25, 0.3) is 0 Å². The lowest BCUT2D eigenvalue weighted by atomic mass is 10.0. The molecule has 146 valence electrons. The van der Waals surface area contributed by atoms with Crippen LogP contribution < -0.4 is 0 Å². The number of likely N-dealkylation sites (tertiary alicyclic amines) is 2. The smallest absolute Gasteiger partial charge is 0.410 e. The van der Waals surface area contributed by atoms with Crippen molar-refractivity contribution < 1.29 is 14.3 Å². The van der Waals surface area contributed by atoms with E-state index in [-0.39, 0.29) is 30.2 Å². The molecule has 0 aromatic heterocycles. The predicted octanol–water partition coefficient (Wildman–Crippen LogP) is 2.40. The first kappa shape index (κ1) is 18.6. The Hall–Kier alpha value is -1.79. The summed E-state index contributed by atoms with van der Waals surface area (Å²) in [6, 6.07) is 8.26. The van der Waals surface area contributed by atoms with E-state index >= 15 is 0 Å². The molecule has 3 heterocycles. The van der Waals surface area contributed by atoms with Gasteiger partial charge in [-0.1, -0.05) is 23.7 Å². The van der Waals surface area contributed by atoms with E-state index < -0.39 is 0 Å². The molecule has 7 heteroatoms. The molecule has 0 spiro atoms. The van der Waals surface area contributed by atoms with Crippen LogP contribution >= 0.6 is 11.6 Å². The molecule has 6 nitrogen and oxygen atoms in total. The molecule has 1 aromatic rings. The van der Waals surface area contributed by atoms with Gasteiger partial charge in [-0.2, -0.15) is 0 Å². The van der Waals surface area contributed by atoms with Crippen molar-refractivity contribution in [3.8, 4) is 0 Å². The molecular formula is C20H26ClN3O3. The van der Waals surface area contributed by atoms with Gasteiger partial charge in [0.1, 0.15) is 6.10 Å². The first-order valence-corrected chi connectivity index (χ1v) is 10.1. The Morgan fingerprint density at radius 2 is 1.89 bits per heavy atom. The highest BCUT2D eigenvalue weighted by Crippen LogP contribution is 2.32. The van der Waals surface area contributed by atoms with Crippen molar-refractivity contribution in [2.24, 2.45) is 0 Å². The zero-order valence-electron chi connectivity index (χ0n) is 15.6. The maximum atomic E-state index is 12.4. The van der Waals surface area contributed by atoms with E-state index in [0.717, 1.165) is 43.9 Å². The van der Waals surface area contributed by atoms with Crippen LogP contribution in [0.15, 0.2) is 24.3 Å². The lowest BCUT2D eigenvalue weighted by Crippen LogP contribution is -2.50. The second-order valence-corrected chi connectivity index (χ2v) is 8.21. The number of benzene rings is 1. The standard InChI is InChI=1S/C20H26ClN3O3/c1-14(25)23-12-18-19(13-23)27-20(26)24(18)17-7-10-22(11-8-17)9-6-15-2-4-16(21)5-3-15/h2-5,17-19H,6-13H2,1H3/t18-,19+/m1/s1. The highest BCUT2D eigenvalue weighted by atomic mass is 35.5. The molecular weight excluding hydrogens is 366 g/mol. The third kappa shape index (κ3) is 3.92. The zero-order chi connectivity index (χ0) is 19.0.